The maximum Gasteiger partial charge on any atom is 0.371 e. The fourth-order valence-electron chi connectivity index (χ4n) is 1.04. The summed E-state index contributed by atoms with van der Waals surface area (Å²) in [4.78, 5) is 10.6. The van der Waals surface area contributed by atoms with E-state index in [4.69, 9.17) is 14.3 Å². The summed E-state index contributed by atoms with van der Waals surface area (Å²) in [5, 5.41) is 18.7. The van der Waals surface area contributed by atoms with Crippen LogP contribution in [0.1, 0.15) is 24.4 Å². The van der Waals surface area contributed by atoms with Crippen LogP contribution in [0, 0.1) is 0 Å². The van der Waals surface area contributed by atoms with Crippen LogP contribution in [0.25, 0.3) is 0 Å². The van der Waals surface area contributed by atoms with E-state index < -0.39 is 12.1 Å². The fraction of sp³-hybridized carbons (Fsp3) is 0.545. The Hall–Kier alpha value is -0.980. The van der Waals surface area contributed by atoms with Crippen molar-refractivity contribution in [3.05, 3.63) is 17.9 Å². The van der Waals surface area contributed by atoms with E-state index >= 15 is 0 Å². The van der Waals surface area contributed by atoms with Crippen molar-refractivity contribution < 1.29 is 24.2 Å². The molecule has 0 aliphatic heterocycles. The topological polar surface area (TPSA) is 79.9 Å². The molecule has 0 aliphatic rings. The lowest BCUT2D eigenvalue weighted by Gasteiger charge is -2.12. The van der Waals surface area contributed by atoms with Crippen LogP contribution in [0.2, 0.25) is 0 Å². The molecule has 1 rings (SSSR count). The number of carboxylic acid groups (broad SMARTS) is 1. The number of aliphatic hydroxyl groups excluding tert-OH is 1. The van der Waals surface area contributed by atoms with Gasteiger partial charge in [-0.15, -0.1) is 0 Å². The minimum absolute atomic E-state index is 0.0804. The van der Waals surface area contributed by atoms with Crippen LogP contribution in [0.5, 0.6) is 0 Å². The van der Waals surface area contributed by atoms with Crippen LogP contribution in [-0.4, -0.2) is 40.8 Å². The standard InChI is InChI=1S/C11H16O5S/c1-7(2)15-5-8(12)6-17-10-4-3-9(16-10)11(13)14/h3-4,7-8,12H,5-6H2,1-2H3,(H,13,14). The van der Waals surface area contributed by atoms with Gasteiger partial charge in [-0.1, -0.05) is 11.8 Å². The van der Waals surface area contributed by atoms with Crippen molar-refractivity contribution in [1.82, 2.24) is 0 Å². The van der Waals surface area contributed by atoms with Crippen molar-refractivity contribution in [2.24, 2.45) is 0 Å². The van der Waals surface area contributed by atoms with Gasteiger partial charge in [0.05, 0.1) is 18.8 Å². The summed E-state index contributed by atoms with van der Waals surface area (Å²) in [5.41, 5.74) is 0. The molecule has 2 N–H and O–H groups in total. The molecular weight excluding hydrogens is 244 g/mol. The number of carbonyl (C=O) groups is 1. The van der Waals surface area contributed by atoms with Gasteiger partial charge in [0.2, 0.25) is 5.76 Å². The lowest BCUT2D eigenvalue weighted by atomic mass is 10.4. The second kappa shape index (κ2) is 6.68. The Morgan fingerprint density at radius 3 is 2.76 bits per heavy atom. The Balaban J connectivity index is 2.31. The Bertz CT molecular complexity index is 360. The largest absolute Gasteiger partial charge is 0.475 e. The summed E-state index contributed by atoms with van der Waals surface area (Å²) >= 11 is 1.26. The second-order valence-electron chi connectivity index (χ2n) is 3.77. The van der Waals surface area contributed by atoms with Gasteiger partial charge < -0.3 is 19.4 Å². The number of carboxylic acids is 1. The molecule has 0 saturated heterocycles. The number of aromatic carboxylic acids is 1. The zero-order valence-electron chi connectivity index (χ0n) is 9.75. The fourth-order valence-corrected chi connectivity index (χ4v) is 1.81. The van der Waals surface area contributed by atoms with Gasteiger partial charge in [-0.2, -0.15) is 0 Å². The summed E-state index contributed by atoms with van der Waals surface area (Å²) < 4.78 is 10.3. The first-order valence-corrected chi connectivity index (χ1v) is 6.23. The van der Waals surface area contributed by atoms with Gasteiger partial charge in [0.15, 0.2) is 5.09 Å². The minimum Gasteiger partial charge on any atom is -0.475 e. The molecule has 0 spiro atoms. The molecule has 1 aromatic heterocycles. The highest BCUT2D eigenvalue weighted by Gasteiger charge is 2.11. The van der Waals surface area contributed by atoms with Crippen LogP contribution in [0.3, 0.4) is 0 Å². The molecule has 0 amide bonds. The Morgan fingerprint density at radius 2 is 2.24 bits per heavy atom. The van der Waals surface area contributed by atoms with Crippen molar-refractivity contribution in [3.63, 3.8) is 0 Å². The van der Waals surface area contributed by atoms with E-state index in [9.17, 15) is 9.90 Å². The van der Waals surface area contributed by atoms with Crippen molar-refractivity contribution in [1.29, 1.82) is 0 Å². The average Bonchev–Trinajstić information content (AvgIpc) is 2.72. The Morgan fingerprint density at radius 1 is 1.53 bits per heavy atom. The average molecular weight is 260 g/mol. The van der Waals surface area contributed by atoms with E-state index in [-0.39, 0.29) is 18.5 Å². The summed E-state index contributed by atoms with van der Waals surface area (Å²) in [6.45, 7) is 4.05. The van der Waals surface area contributed by atoms with Gasteiger partial charge in [-0.3, -0.25) is 0 Å². The van der Waals surface area contributed by atoms with Gasteiger partial charge in [0, 0.05) is 5.75 Å². The third kappa shape index (κ3) is 5.25. The highest BCUT2D eigenvalue weighted by Crippen LogP contribution is 2.21. The van der Waals surface area contributed by atoms with Gasteiger partial charge in [0.25, 0.3) is 0 Å². The third-order valence-corrected chi connectivity index (χ3v) is 2.89. The highest BCUT2D eigenvalue weighted by atomic mass is 32.2. The molecule has 0 bridgehead atoms. The van der Waals surface area contributed by atoms with Crippen LogP contribution in [0.15, 0.2) is 21.6 Å². The van der Waals surface area contributed by atoms with Crippen LogP contribution >= 0.6 is 11.8 Å². The van der Waals surface area contributed by atoms with Crippen LogP contribution < -0.4 is 0 Å². The van der Waals surface area contributed by atoms with E-state index in [1.54, 1.807) is 6.07 Å². The quantitative estimate of drug-likeness (QED) is 0.728. The van der Waals surface area contributed by atoms with Crippen molar-refractivity contribution in [2.45, 2.75) is 31.1 Å². The van der Waals surface area contributed by atoms with Crippen molar-refractivity contribution >= 4 is 17.7 Å². The normalized spacial score (nSPS) is 12.9. The molecule has 0 radical (unpaired) electrons. The van der Waals surface area contributed by atoms with Gasteiger partial charge in [-0.05, 0) is 26.0 Å². The molecule has 1 atom stereocenters. The van der Waals surface area contributed by atoms with E-state index in [0.29, 0.717) is 10.8 Å². The van der Waals surface area contributed by atoms with E-state index in [1.807, 2.05) is 13.8 Å². The predicted molar refractivity (Wildman–Crippen MR) is 63.5 cm³/mol. The number of rotatable bonds is 7. The molecule has 0 saturated carbocycles. The predicted octanol–water partition coefficient (Wildman–Crippen LogP) is 1.86. The molecular formula is C11H16O5S. The SMILES string of the molecule is CC(C)OCC(O)CSc1ccc(C(=O)O)o1. The van der Waals surface area contributed by atoms with Gasteiger partial charge in [-0.25, -0.2) is 4.79 Å². The lowest BCUT2D eigenvalue weighted by Crippen LogP contribution is -2.20. The molecule has 5 nitrogen and oxygen atoms in total. The van der Waals surface area contributed by atoms with Crippen LogP contribution in [-0.2, 0) is 4.74 Å². The molecule has 1 aromatic rings. The summed E-state index contributed by atoms with van der Waals surface area (Å²) in [7, 11) is 0. The zero-order chi connectivity index (χ0) is 12.8. The van der Waals surface area contributed by atoms with Crippen molar-refractivity contribution in [2.75, 3.05) is 12.4 Å². The molecule has 6 heteroatoms. The lowest BCUT2D eigenvalue weighted by molar-refractivity contribution is 0.0152. The second-order valence-corrected chi connectivity index (χ2v) is 4.80. The van der Waals surface area contributed by atoms with E-state index in [0.717, 1.165) is 0 Å². The number of ether oxygens (including phenoxy) is 1. The number of hydrogen-bond donors (Lipinski definition) is 2. The number of aliphatic hydroxyl groups is 1. The molecule has 1 heterocycles. The first kappa shape index (κ1) is 14.1. The molecule has 0 fully saturated rings. The monoisotopic (exact) mass is 260 g/mol. The van der Waals surface area contributed by atoms with Crippen molar-refractivity contribution in [3.8, 4) is 0 Å². The number of thioether (sulfide) groups is 1. The van der Waals surface area contributed by atoms with E-state index in [1.165, 1.54) is 17.8 Å². The summed E-state index contributed by atoms with van der Waals surface area (Å²) in [5.74, 6) is -0.791. The first-order chi connectivity index (χ1) is 7.99. The van der Waals surface area contributed by atoms with E-state index in [2.05, 4.69) is 0 Å². The summed E-state index contributed by atoms with van der Waals surface area (Å²) in [6.07, 6.45) is -0.516. The molecule has 96 valence electrons. The van der Waals surface area contributed by atoms with Crippen LogP contribution in [0.4, 0.5) is 0 Å². The molecule has 0 aliphatic carbocycles. The highest BCUT2D eigenvalue weighted by molar-refractivity contribution is 7.99. The maximum absolute atomic E-state index is 10.6. The Kier molecular flexibility index (Phi) is 5.54. The van der Waals surface area contributed by atoms with Gasteiger partial charge in [0.1, 0.15) is 0 Å². The third-order valence-electron chi connectivity index (χ3n) is 1.83. The smallest absolute Gasteiger partial charge is 0.371 e. The summed E-state index contributed by atoms with van der Waals surface area (Å²) in [6, 6.07) is 2.96. The first-order valence-electron chi connectivity index (χ1n) is 5.24. The maximum atomic E-state index is 10.6. The Labute approximate surface area is 104 Å². The zero-order valence-corrected chi connectivity index (χ0v) is 10.6. The van der Waals surface area contributed by atoms with Gasteiger partial charge >= 0.3 is 5.97 Å². The number of hydrogen-bond acceptors (Lipinski definition) is 5. The molecule has 0 aromatic carbocycles. The molecule has 1 unspecified atom stereocenters. The number of furan rings is 1. The minimum atomic E-state index is -1.10. The molecule has 17 heavy (non-hydrogen) atoms.